The first-order chi connectivity index (χ1) is 14.8. The molecule has 0 aromatic heterocycles. The van der Waals surface area contributed by atoms with Crippen molar-refractivity contribution >= 4 is 21.5 Å². The third kappa shape index (κ3) is 4.28. The zero-order valence-electron chi connectivity index (χ0n) is 17.7. The summed E-state index contributed by atoms with van der Waals surface area (Å²) in [5.74, 6) is 1.13. The van der Waals surface area contributed by atoms with Crippen molar-refractivity contribution in [1.29, 1.82) is 0 Å². The first-order valence-electron chi connectivity index (χ1n) is 11.1. The highest BCUT2D eigenvalue weighted by Gasteiger charge is 2.17. The maximum Gasteiger partial charge on any atom is 0.127 e. The Hall–Kier alpha value is -3.00. The van der Waals surface area contributed by atoms with Crippen molar-refractivity contribution < 1.29 is 9.84 Å². The van der Waals surface area contributed by atoms with Gasteiger partial charge < -0.3 is 9.84 Å². The Morgan fingerprint density at radius 1 is 0.633 bits per heavy atom. The Labute approximate surface area is 179 Å². The van der Waals surface area contributed by atoms with Gasteiger partial charge in [-0.1, -0.05) is 99.7 Å². The molecular weight excluding hydrogens is 368 g/mol. The second-order valence-electron chi connectivity index (χ2n) is 7.96. The van der Waals surface area contributed by atoms with Gasteiger partial charge in [0.2, 0.25) is 0 Å². The minimum atomic E-state index is 0.287. The molecule has 0 spiro atoms. The number of hydrogen-bond donors (Lipinski definition) is 1. The lowest BCUT2D eigenvalue weighted by molar-refractivity contribution is 0.306. The summed E-state index contributed by atoms with van der Waals surface area (Å²) in [6.07, 6.45) is 7.41. The van der Waals surface area contributed by atoms with Crippen molar-refractivity contribution in [2.45, 2.75) is 45.4 Å². The molecule has 0 saturated heterocycles. The van der Waals surface area contributed by atoms with Crippen LogP contribution < -0.4 is 4.74 Å². The third-order valence-electron chi connectivity index (χ3n) is 5.80. The lowest BCUT2D eigenvalue weighted by Crippen LogP contribution is -2.00. The Morgan fingerprint density at radius 3 is 1.97 bits per heavy atom. The van der Waals surface area contributed by atoms with E-state index in [1.165, 1.54) is 32.1 Å². The van der Waals surface area contributed by atoms with Gasteiger partial charge in [0.25, 0.3) is 0 Å². The number of fused-ring (bicyclic) bond motifs is 2. The van der Waals surface area contributed by atoms with Gasteiger partial charge >= 0.3 is 0 Å². The topological polar surface area (TPSA) is 29.5 Å². The van der Waals surface area contributed by atoms with E-state index in [2.05, 4.69) is 43.3 Å². The standard InChI is InChI=1S/C28H30O2/c1-2-3-4-5-6-11-20-30-26-19-17-22-13-8-10-15-24(22)28(26)27-23-14-9-7-12-21(23)16-18-25(27)29/h7-10,12-19,29H,2-6,11,20H2,1H3. The van der Waals surface area contributed by atoms with Gasteiger partial charge in [0.05, 0.1) is 6.61 Å². The van der Waals surface area contributed by atoms with Gasteiger partial charge in [-0.15, -0.1) is 0 Å². The molecule has 4 aromatic carbocycles. The van der Waals surface area contributed by atoms with Crippen LogP contribution in [-0.4, -0.2) is 11.7 Å². The quantitative estimate of drug-likeness (QED) is 0.289. The maximum absolute atomic E-state index is 10.9. The maximum atomic E-state index is 10.9. The summed E-state index contributed by atoms with van der Waals surface area (Å²) in [6.45, 7) is 2.94. The number of ether oxygens (including phenoxy) is 1. The molecule has 1 N–H and O–H groups in total. The Bertz CT molecular complexity index is 1130. The lowest BCUT2D eigenvalue weighted by atomic mass is 9.92. The molecule has 0 atom stereocenters. The average Bonchev–Trinajstić information content (AvgIpc) is 2.78. The predicted octanol–water partition coefficient (Wildman–Crippen LogP) is 8.10. The van der Waals surface area contributed by atoms with E-state index in [0.29, 0.717) is 6.61 Å². The fourth-order valence-electron chi connectivity index (χ4n) is 4.22. The molecule has 0 amide bonds. The smallest absolute Gasteiger partial charge is 0.127 e. The second-order valence-corrected chi connectivity index (χ2v) is 7.96. The van der Waals surface area contributed by atoms with E-state index >= 15 is 0 Å². The molecule has 0 saturated carbocycles. The molecule has 0 radical (unpaired) electrons. The number of phenolic OH excluding ortho intramolecular Hbond substituents is 1. The SMILES string of the molecule is CCCCCCCCOc1ccc2ccccc2c1-c1c(O)ccc2ccccc12. The van der Waals surface area contributed by atoms with Crippen LogP contribution in [-0.2, 0) is 0 Å². The number of benzene rings is 4. The molecule has 0 aliphatic heterocycles. The zero-order chi connectivity index (χ0) is 20.8. The molecular formula is C28H30O2. The number of rotatable bonds is 9. The molecule has 154 valence electrons. The van der Waals surface area contributed by atoms with Crippen LogP contribution in [0.4, 0.5) is 0 Å². The summed E-state index contributed by atoms with van der Waals surface area (Å²) in [6, 6.07) is 24.4. The number of aromatic hydroxyl groups is 1. The van der Waals surface area contributed by atoms with Crippen molar-refractivity contribution in [3.8, 4) is 22.6 Å². The normalized spacial score (nSPS) is 11.2. The van der Waals surface area contributed by atoms with Gasteiger partial charge in [-0.25, -0.2) is 0 Å². The molecule has 30 heavy (non-hydrogen) atoms. The van der Waals surface area contributed by atoms with E-state index < -0.39 is 0 Å². The summed E-state index contributed by atoms with van der Waals surface area (Å²) < 4.78 is 6.30. The zero-order valence-corrected chi connectivity index (χ0v) is 17.7. The minimum absolute atomic E-state index is 0.287. The molecule has 2 nitrogen and oxygen atoms in total. The highest BCUT2D eigenvalue weighted by atomic mass is 16.5. The van der Waals surface area contributed by atoms with Gasteiger partial charge in [-0.05, 0) is 40.1 Å². The van der Waals surface area contributed by atoms with E-state index in [9.17, 15) is 5.11 Å². The Morgan fingerprint density at radius 2 is 1.23 bits per heavy atom. The van der Waals surface area contributed by atoms with Crippen LogP contribution >= 0.6 is 0 Å². The summed E-state index contributed by atoms with van der Waals surface area (Å²) in [7, 11) is 0. The third-order valence-corrected chi connectivity index (χ3v) is 5.80. The van der Waals surface area contributed by atoms with Gasteiger partial charge in [0.1, 0.15) is 11.5 Å². The highest BCUT2D eigenvalue weighted by molar-refractivity contribution is 6.09. The van der Waals surface area contributed by atoms with Gasteiger partial charge in [-0.3, -0.25) is 0 Å². The Balaban J connectivity index is 1.72. The Kier molecular flexibility index (Phi) is 6.53. The van der Waals surface area contributed by atoms with Crippen molar-refractivity contribution in [3.05, 3.63) is 72.8 Å². The first kappa shape index (κ1) is 20.3. The summed E-state index contributed by atoms with van der Waals surface area (Å²) >= 11 is 0. The second kappa shape index (κ2) is 9.67. The van der Waals surface area contributed by atoms with E-state index in [-0.39, 0.29) is 5.75 Å². The van der Waals surface area contributed by atoms with Crippen molar-refractivity contribution in [1.82, 2.24) is 0 Å². The number of phenols is 1. The molecule has 4 aromatic rings. The molecule has 0 bridgehead atoms. The van der Waals surface area contributed by atoms with Crippen LogP contribution in [0, 0.1) is 0 Å². The fourth-order valence-corrected chi connectivity index (χ4v) is 4.22. The number of unbranched alkanes of at least 4 members (excludes halogenated alkanes) is 5. The van der Waals surface area contributed by atoms with Crippen LogP contribution in [0.5, 0.6) is 11.5 Å². The molecule has 4 rings (SSSR count). The number of hydrogen-bond acceptors (Lipinski definition) is 2. The summed E-state index contributed by atoms with van der Waals surface area (Å²) in [5.41, 5.74) is 1.83. The molecule has 0 aliphatic carbocycles. The van der Waals surface area contributed by atoms with Gasteiger partial charge in [0, 0.05) is 11.1 Å². The van der Waals surface area contributed by atoms with E-state index in [4.69, 9.17) is 4.74 Å². The molecule has 0 heterocycles. The molecule has 0 unspecified atom stereocenters. The fraction of sp³-hybridized carbons (Fsp3) is 0.286. The minimum Gasteiger partial charge on any atom is -0.507 e. The first-order valence-corrected chi connectivity index (χ1v) is 11.1. The van der Waals surface area contributed by atoms with Gasteiger partial charge in [-0.2, -0.15) is 0 Å². The van der Waals surface area contributed by atoms with E-state index in [0.717, 1.165) is 44.8 Å². The lowest BCUT2D eigenvalue weighted by Gasteiger charge is -2.17. The van der Waals surface area contributed by atoms with Crippen LogP contribution in [0.3, 0.4) is 0 Å². The van der Waals surface area contributed by atoms with Crippen LogP contribution in [0.1, 0.15) is 45.4 Å². The average molecular weight is 399 g/mol. The van der Waals surface area contributed by atoms with E-state index in [1.54, 1.807) is 6.07 Å². The molecule has 0 aliphatic rings. The summed E-state index contributed by atoms with van der Waals surface area (Å²) in [4.78, 5) is 0. The van der Waals surface area contributed by atoms with Gasteiger partial charge in [0.15, 0.2) is 0 Å². The monoisotopic (exact) mass is 398 g/mol. The van der Waals surface area contributed by atoms with Crippen LogP contribution in [0.2, 0.25) is 0 Å². The molecule has 2 heteroatoms. The van der Waals surface area contributed by atoms with Crippen molar-refractivity contribution in [3.63, 3.8) is 0 Å². The summed E-state index contributed by atoms with van der Waals surface area (Å²) in [5, 5.41) is 15.3. The largest absolute Gasteiger partial charge is 0.507 e. The van der Waals surface area contributed by atoms with E-state index in [1.807, 2.05) is 30.3 Å². The predicted molar refractivity (Wildman–Crippen MR) is 127 cm³/mol. The molecule has 0 fully saturated rings. The highest BCUT2D eigenvalue weighted by Crippen LogP contribution is 2.44. The van der Waals surface area contributed by atoms with Crippen LogP contribution in [0.25, 0.3) is 32.7 Å². The van der Waals surface area contributed by atoms with Crippen molar-refractivity contribution in [2.24, 2.45) is 0 Å². The van der Waals surface area contributed by atoms with Crippen LogP contribution in [0.15, 0.2) is 72.8 Å². The van der Waals surface area contributed by atoms with Crippen molar-refractivity contribution in [2.75, 3.05) is 6.61 Å².